The van der Waals surface area contributed by atoms with Gasteiger partial charge in [-0.1, -0.05) is 25.5 Å². The van der Waals surface area contributed by atoms with E-state index in [0.717, 1.165) is 24.1 Å². The van der Waals surface area contributed by atoms with Crippen molar-refractivity contribution in [1.82, 2.24) is 4.98 Å². The van der Waals surface area contributed by atoms with Crippen LogP contribution in [0.1, 0.15) is 19.8 Å². The van der Waals surface area contributed by atoms with E-state index in [9.17, 15) is 0 Å². The highest BCUT2D eigenvalue weighted by atomic mass is 16.4. The third-order valence-electron chi connectivity index (χ3n) is 2.10. The number of fused-ring (bicyclic) bond motifs is 1. The van der Waals surface area contributed by atoms with Gasteiger partial charge in [-0.25, -0.2) is 0 Å². The van der Waals surface area contributed by atoms with Crippen molar-refractivity contribution in [3.8, 4) is 0 Å². The molecular formula is C11H14N2O. The minimum atomic E-state index is 0.625. The van der Waals surface area contributed by atoms with Gasteiger partial charge < -0.3 is 9.73 Å². The second-order valence-corrected chi connectivity index (χ2v) is 3.27. The summed E-state index contributed by atoms with van der Waals surface area (Å²) in [6, 6.07) is 8.40. The first kappa shape index (κ1) is 9.06. The van der Waals surface area contributed by atoms with Gasteiger partial charge in [-0.15, -0.1) is 0 Å². The predicted molar refractivity (Wildman–Crippen MR) is 57.4 cm³/mol. The summed E-state index contributed by atoms with van der Waals surface area (Å²) in [5, 5.41) is 3.16. The van der Waals surface area contributed by atoms with Crippen molar-refractivity contribution in [3.63, 3.8) is 0 Å². The minimum Gasteiger partial charge on any atom is -0.424 e. The average molecular weight is 190 g/mol. The molecule has 0 fully saturated rings. The molecule has 0 aliphatic rings. The summed E-state index contributed by atoms with van der Waals surface area (Å²) >= 11 is 0. The molecule has 2 aromatic rings. The van der Waals surface area contributed by atoms with Crippen LogP contribution in [0, 0.1) is 0 Å². The minimum absolute atomic E-state index is 0.625. The molecule has 0 unspecified atom stereocenters. The molecule has 14 heavy (non-hydrogen) atoms. The maximum Gasteiger partial charge on any atom is 0.295 e. The summed E-state index contributed by atoms with van der Waals surface area (Å²) in [7, 11) is 0. The molecule has 0 bridgehead atoms. The van der Waals surface area contributed by atoms with E-state index >= 15 is 0 Å². The molecule has 0 atom stereocenters. The van der Waals surface area contributed by atoms with Crippen LogP contribution in [-0.4, -0.2) is 11.5 Å². The third-order valence-corrected chi connectivity index (χ3v) is 2.10. The van der Waals surface area contributed by atoms with Crippen molar-refractivity contribution >= 4 is 17.1 Å². The van der Waals surface area contributed by atoms with E-state index in [0.29, 0.717) is 6.01 Å². The zero-order valence-electron chi connectivity index (χ0n) is 8.29. The third kappa shape index (κ3) is 1.87. The normalized spacial score (nSPS) is 10.6. The van der Waals surface area contributed by atoms with E-state index in [1.165, 1.54) is 6.42 Å². The first-order valence-corrected chi connectivity index (χ1v) is 4.99. The van der Waals surface area contributed by atoms with E-state index in [1.54, 1.807) is 0 Å². The number of nitrogens with zero attached hydrogens (tertiary/aromatic N) is 1. The highest BCUT2D eigenvalue weighted by Crippen LogP contribution is 2.17. The van der Waals surface area contributed by atoms with Gasteiger partial charge in [-0.3, -0.25) is 0 Å². The Bertz CT molecular complexity index is 375. The van der Waals surface area contributed by atoms with Crippen LogP contribution < -0.4 is 5.32 Å². The lowest BCUT2D eigenvalue weighted by atomic mass is 10.3. The summed E-state index contributed by atoms with van der Waals surface area (Å²) in [4.78, 5) is 4.31. The Kier molecular flexibility index (Phi) is 2.68. The zero-order valence-corrected chi connectivity index (χ0v) is 8.29. The van der Waals surface area contributed by atoms with Gasteiger partial charge in [0.25, 0.3) is 6.01 Å². The maximum absolute atomic E-state index is 5.49. The molecule has 3 nitrogen and oxygen atoms in total. The molecule has 74 valence electrons. The number of para-hydroxylation sites is 2. The molecule has 0 radical (unpaired) electrons. The number of anilines is 1. The Labute approximate surface area is 83.1 Å². The average Bonchev–Trinajstić information content (AvgIpc) is 2.60. The number of hydrogen-bond acceptors (Lipinski definition) is 3. The Morgan fingerprint density at radius 2 is 2.21 bits per heavy atom. The van der Waals surface area contributed by atoms with Crippen molar-refractivity contribution in [2.45, 2.75) is 19.8 Å². The fourth-order valence-corrected chi connectivity index (χ4v) is 1.32. The zero-order chi connectivity index (χ0) is 9.80. The van der Waals surface area contributed by atoms with Crippen molar-refractivity contribution < 1.29 is 4.42 Å². The molecular weight excluding hydrogens is 176 g/mol. The molecule has 1 aromatic heterocycles. The molecule has 1 N–H and O–H groups in total. The SMILES string of the molecule is CCCCNc1nc2ccccc2o1. The number of aromatic nitrogens is 1. The van der Waals surface area contributed by atoms with Crippen molar-refractivity contribution in [2.24, 2.45) is 0 Å². The fourth-order valence-electron chi connectivity index (χ4n) is 1.32. The molecule has 3 heteroatoms. The molecule has 0 saturated carbocycles. The van der Waals surface area contributed by atoms with Gasteiger partial charge in [0.2, 0.25) is 0 Å². The smallest absolute Gasteiger partial charge is 0.295 e. The lowest BCUT2D eigenvalue weighted by Gasteiger charge is -1.97. The van der Waals surface area contributed by atoms with Crippen molar-refractivity contribution in [1.29, 1.82) is 0 Å². The van der Waals surface area contributed by atoms with Crippen molar-refractivity contribution in [3.05, 3.63) is 24.3 Å². The molecule has 0 aliphatic carbocycles. The molecule has 2 rings (SSSR count). The van der Waals surface area contributed by atoms with Crippen LogP contribution in [0.25, 0.3) is 11.1 Å². The maximum atomic E-state index is 5.49. The highest BCUT2D eigenvalue weighted by Gasteiger charge is 2.02. The highest BCUT2D eigenvalue weighted by molar-refractivity contribution is 5.74. The number of benzene rings is 1. The van der Waals surface area contributed by atoms with E-state index < -0.39 is 0 Å². The number of unbranched alkanes of at least 4 members (excludes halogenated alkanes) is 1. The summed E-state index contributed by atoms with van der Waals surface area (Å²) in [6.07, 6.45) is 2.31. The standard InChI is InChI=1S/C11H14N2O/c1-2-3-8-12-11-13-9-6-4-5-7-10(9)14-11/h4-7H,2-3,8H2,1H3,(H,12,13). The van der Waals surface area contributed by atoms with Gasteiger partial charge in [-0.05, 0) is 18.6 Å². The Morgan fingerprint density at radius 3 is 3.00 bits per heavy atom. The second kappa shape index (κ2) is 4.13. The summed E-state index contributed by atoms with van der Waals surface area (Å²) in [6.45, 7) is 3.08. The van der Waals surface area contributed by atoms with Gasteiger partial charge in [0.15, 0.2) is 5.58 Å². The van der Waals surface area contributed by atoms with E-state index in [1.807, 2.05) is 24.3 Å². The molecule has 1 heterocycles. The number of oxazole rings is 1. The number of nitrogens with one attached hydrogen (secondary N) is 1. The topological polar surface area (TPSA) is 38.1 Å². The van der Waals surface area contributed by atoms with Gasteiger partial charge in [0.05, 0.1) is 0 Å². The molecule has 0 amide bonds. The molecule has 1 aromatic carbocycles. The van der Waals surface area contributed by atoms with Crippen LogP contribution in [0.15, 0.2) is 28.7 Å². The predicted octanol–water partition coefficient (Wildman–Crippen LogP) is 3.04. The van der Waals surface area contributed by atoms with Crippen LogP contribution in [0.2, 0.25) is 0 Å². The van der Waals surface area contributed by atoms with Gasteiger partial charge >= 0.3 is 0 Å². The Morgan fingerprint density at radius 1 is 1.36 bits per heavy atom. The molecule has 0 spiro atoms. The summed E-state index contributed by atoms with van der Waals surface area (Å²) in [5.41, 5.74) is 1.75. The second-order valence-electron chi connectivity index (χ2n) is 3.27. The van der Waals surface area contributed by atoms with E-state index in [-0.39, 0.29) is 0 Å². The van der Waals surface area contributed by atoms with E-state index in [2.05, 4.69) is 17.2 Å². The van der Waals surface area contributed by atoms with Crippen LogP contribution in [0.3, 0.4) is 0 Å². The number of rotatable bonds is 4. The van der Waals surface area contributed by atoms with Gasteiger partial charge in [0, 0.05) is 6.54 Å². The van der Waals surface area contributed by atoms with Crippen LogP contribution in [0.5, 0.6) is 0 Å². The van der Waals surface area contributed by atoms with Crippen molar-refractivity contribution in [2.75, 3.05) is 11.9 Å². The number of hydrogen-bond donors (Lipinski definition) is 1. The van der Waals surface area contributed by atoms with E-state index in [4.69, 9.17) is 4.42 Å². The molecule has 0 saturated heterocycles. The largest absolute Gasteiger partial charge is 0.424 e. The van der Waals surface area contributed by atoms with Crippen LogP contribution >= 0.6 is 0 Å². The lowest BCUT2D eigenvalue weighted by Crippen LogP contribution is -2.00. The fraction of sp³-hybridized carbons (Fsp3) is 0.364. The summed E-state index contributed by atoms with van der Waals surface area (Å²) in [5.74, 6) is 0. The van der Waals surface area contributed by atoms with Gasteiger partial charge in [0.1, 0.15) is 5.52 Å². The van der Waals surface area contributed by atoms with Gasteiger partial charge in [-0.2, -0.15) is 4.98 Å². The summed E-state index contributed by atoms with van der Waals surface area (Å²) < 4.78 is 5.49. The Hall–Kier alpha value is -1.51. The van der Waals surface area contributed by atoms with Crippen LogP contribution in [0.4, 0.5) is 6.01 Å². The lowest BCUT2D eigenvalue weighted by molar-refractivity contribution is 0.611. The quantitative estimate of drug-likeness (QED) is 0.753. The first-order chi connectivity index (χ1) is 6.90. The molecule has 0 aliphatic heterocycles. The Balaban J connectivity index is 2.11. The van der Waals surface area contributed by atoms with Crippen LogP contribution in [-0.2, 0) is 0 Å². The monoisotopic (exact) mass is 190 g/mol. The first-order valence-electron chi connectivity index (χ1n) is 4.99.